The number of H-pyrrole nitrogens is 2. The number of carboxylic acid groups (broad SMARTS) is 1. The summed E-state index contributed by atoms with van der Waals surface area (Å²) in [4.78, 5) is 92.3. The third-order valence-electron chi connectivity index (χ3n) is 16.4. The average molecular weight is 1460 g/mol. The quantitative estimate of drug-likeness (QED) is 0.0162. The van der Waals surface area contributed by atoms with E-state index in [1.54, 1.807) is 71.6 Å². The third-order valence-corrected chi connectivity index (χ3v) is 19.5. The Bertz CT molecular complexity index is 4870. The van der Waals surface area contributed by atoms with Gasteiger partial charge in [0.15, 0.2) is 17.5 Å². The molecule has 1 amide bonds. The van der Waals surface area contributed by atoms with Crippen molar-refractivity contribution in [3.05, 3.63) is 208 Å². The average Bonchev–Trinajstić information content (AvgIpc) is 1.63. The van der Waals surface area contributed by atoms with Crippen LogP contribution in [0.3, 0.4) is 0 Å². The molecule has 25 nitrogen and oxygen atoms in total. The van der Waals surface area contributed by atoms with Crippen LogP contribution in [-0.4, -0.2) is 110 Å². The number of para-hydroxylation sites is 6. The fourth-order valence-corrected chi connectivity index (χ4v) is 13.7. The summed E-state index contributed by atoms with van der Waals surface area (Å²) in [5.41, 5.74) is 14.4. The zero-order chi connectivity index (χ0) is 72.7. The molecule has 3 aromatic carbocycles. The zero-order valence-corrected chi connectivity index (χ0v) is 59.9. The molecule has 14 aromatic rings. The summed E-state index contributed by atoms with van der Waals surface area (Å²) in [6.07, 6.45) is 17.4. The highest BCUT2D eigenvalue weighted by atomic mass is 32.1. The Labute approximate surface area is 608 Å². The largest absolute Gasteiger partial charge is 0.481 e. The molecule has 31 heteroatoms. The molecule has 104 heavy (non-hydrogen) atoms. The van der Waals surface area contributed by atoms with Gasteiger partial charge in [-0.25, -0.2) is 68.0 Å². The van der Waals surface area contributed by atoms with Gasteiger partial charge in [-0.1, -0.05) is 104 Å². The predicted molar refractivity (Wildman–Crippen MR) is 403 cm³/mol. The molecular formula is C73H77F3N22O3S3. The molecule has 0 bridgehead atoms. The van der Waals surface area contributed by atoms with E-state index < -0.39 is 5.97 Å². The van der Waals surface area contributed by atoms with Gasteiger partial charge in [-0.05, 0) is 111 Å². The molecular weight excluding hydrogens is 1390 g/mol. The van der Waals surface area contributed by atoms with Crippen molar-refractivity contribution in [2.24, 2.45) is 5.92 Å². The first-order chi connectivity index (χ1) is 50.6. The minimum Gasteiger partial charge on any atom is -0.481 e. The standard InChI is InChI=1S/C24H26FN7OS.C24H24FN7S.C23H23FN8S.C2H4O2/c1-15(23(33)31-18-10-4-3-9-17(18)26)7-2-5-11-20-32-21-22(29-14-30-24(21)34-20)28-13-19-16(25)8-6-12-27-19;1-15(22-30-17-9-3-4-10-18(17)31-22)7-2-5-11-20-32-21-23(28-14-29-24(21)33-20)27-13-19-16(25)8-6-12-26-19;1-14(21-30-16-6-2-3-7-17(16)31-21)11-25-10-8-19-32-20-22(28-13-29-23(20)33-19)27-12-18-15(24)5-4-9-26-18;1-2(3)4/h3-4,6,8-10,12,14-15H,2,5,7,11,13,26H2,1H3,(H,31,33)(H,28,29,30);3-4,6,8-10,12,14-15H,2,5,7,11,13H2,1H3,(H,30,31)(H,27,28,29);2-7,9,13-14,25H,8,10-12H2,1H3,(H,30,31)(H,27,28,29);1H3,(H,3,4). The van der Waals surface area contributed by atoms with E-state index in [1.165, 1.54) is 48.5 Å². The molecule has 10 N–H and O–H groups in total. The number of anilines is 5. The summed E-state index contributed by atoms with van der Waals surface area (Å²) < 4.78 is 41.5. The first kappa shape index (κ1) is 74.1. The fourth-order valence-electron chi connectivity index (χ4n) is 10.9. The highest BCUT2D eigenvalue weighted by Crippen LogP contribution is 2.31. The van der Waals surface area contributed by atoms with Crippen molar-refractivity contribution in [3.63, 3.8) is 0 Å². The number of carboxylic acids is 1. The molecule has 536 valence electrons. The highest BCUT2D eigenvalue weighted by molar-refractivity contribution is 7.18. The number of carbonyl (C=O) groups is 2. The molecule has 0 saturated carbocycles. The topological polar surface area (TPSA) is 353 Å². The number of aryl methyl sites for hydroxylation is 2. The van der Waals surface area contributed by atoms with Gasteiger partial charge in [0.1, 0.15) is 79.1 Å². The highest BCUT2D eigenvalue weighted by Gasteiger charge is 2.19. The second-order valence-electron chi connectivity index (χ2n) is 24.3. The number of fused-ring (bicyclic) bond motifs is 5. The maximum Gasteiger partial charge on any atom is 0.300 e. The van der Waals surface area contributed by atoms with Gasteiger partial charge in [-0.2, -0.15) is 0 Å². The van der Waals surface area contributed by atoms with Crippen molar-refractivity contribution in [1.82, 2.24) is 85.1 Å². The number of carbonyl (C=O) groups excluding carboxylic acids is 1. The Balaban J connectivity index is 0.000000152. The number of aliphatic carboxylic acids is 1. The van der Waals surface area contributed by atoms with Crippen LogP contribution in [0.2, 0.25) is 0 Å². The van der Waals surface area contributed by atoms with Crippen LogP contribution in [0, 0.1) is 23.4 Å². The Morgan fingerprint density at radius 3 is 1.36 bits per heavy atom. The lowest BCUT2D eigenvalue weighted by Gasteiger charge is -2.13. The summed E-state index contributed by atoms with van der Waals surface area (Å²) in [5, 5.41) is 26.2. The number of nitrogens with zero attached hydrogens (tertiary/aromatic N) is 14. The van der Waals surface area contributed by atoms with E-state index in [0.29, 0.717) is 62.9 Å². The predicted octanol–water partition coefficient (Wildman–Crippen LogP) is 14.6. The van der Waals surface area contributed by atoms with Gasteiger partial charge in [0.05, 0.1) is 85.2 Å². The number of aromatic amines is 2. The van der Waals surface area contributed by atoms with Gasteiger partial charge >= 0.3 is 0 Å². The first-order valence-corrected chi connectivity index (χ1v) is 36.3. The summed E-state index contributed by atoms with van der Waals surface area (Å²) in [5.74, 6) is 2.37. The second-order valence-corrected chi connectivity index (χ2v) is 27.5. The SMILES string of the molecule is CC(=O)O.CC(CCCCc1nc2c(NCc3ncccc3F)ncnc2s1)C(=O)Nc1ccccc1N.CC(CCCCc1nc2c(NCc3ncccc3F)ncnc2s1)c1nc2ccccc2[nH]1.CC(CNCCc1nc2c(NCc3ncccc3F)ncnc2s1)c1nc2ccccc2[nH]1. The lowest BCUT2D eigenvalue weighted by Crippen LogP contribution is -2.23. The van der Waals surface area contributed by atoms with E-state index in [1.807, 2.05) is 61.5 Å². The van der Waals surface area contributed by atoms with Crippen LogP contribution in [0.5, 0.6) is 0 Å². The number of nitrogen functional groups attached to an aromatic ring is 1. The van der Waals surface area contributed by atoms with Gasteiger partial charge in [-0.15, -0.1) is 0 Å². The smallest absolute Gasteiger partial charge is 0.300 e. The van der Waals surface area contributed by atoms with Crippen molar-refractivity contribution in [3.8, 4) is 0 Å². The molecule has 14 rings (SSSR count). The van der Waals surface area contributed by atoms with Crippen LogP contribution < -0.4 is 32.3 Å². The monoisotopic (exact) mass is 1460 g/mol. The number of halogens is 3. The number of pyridine rings is 3. The Kier molecular flexibility index (Phi) is 26.1. The van der Waals surface area contributed by atoms with Crippen LogP contribution in [0.4, 0.5) is 42.0 Å². The number of rotatable bonds is 28. The summed E-state index contributed by atoms with van der Waals surface area (Å²) in [6, 6.07) is 32.3. The summed E-state index contributed by atoms with van der Waals surface area (Å²) in [7, 11) is 0. The van der Waals surface area contributed by atoms with Crippen LogP contribution in [0.15, 0.2) is 147 Å². The van der Waals surface area contributed by atoms with Gasteiger partial charge in [0.25, 0.3) is 5.97 Å². The summed E-state index contributed by atoms with van der Waals surface area (Å²) >= 11 is 4.65. The van der Waals surface area contributed by atoms with Crippen LogP contribution in [0.25, 0.3) is 53.1 Å². The van der Waals surface area contributed by atoms with Crippen molar-refractivity contribution >= 4 is 128 Å². The normalized spacial score (nSPS) is 12.0. The number of imidazole rings is 2. The van der Waals surface area contributed by atoms with Crippen LogP contribution in [-0.2, 0) is 48.5 Å². The second kappa shape index (κ2) is 36.6. The van der Waals surface area contributed by atoms with E-state index in [9.17, 15) is 18.0 Å². The number of amides is 1. The lowest BCUT2D eigenvalue weighted by molar-refractivity contribution is -0.134. The van der Waals surface area contributed by atoms with Crippen molar-refractivity contribution < 1.29 is 27.9 Å². The van der Waals surface area contributed by atoms with Crippen molar-refractivity contribution in [2.45, 2.75) is 117 Å². The first-order valence-electron chi connectivity index (χ1n) is 33.8. The van der Waals surface area contributed by atoms with Gasteiger partial charge in [-0.3, -0.25) is 24.5 Å². The van der Waals surface area contributed by atoms with E-state index >= 15 is 0 Å². The zero-order valence-electron chi connectivity index (χ0n) is 57.4. The minimum absolute atomic E-state index is 0.0341. The lowest BCUT2D eigenvalue weighted by atomic mass is 10.0. The molecule has 0 fully saturated rings. The Morgan fingerprint density at radius 2 is 0.913 bits per heavy atom. The molecule has 0 saturated heterocycles. The molecule has 3 unspecified atom stereocenters. The Morgan fingerprint density at radius 1 is 0.500 bits per heavy atom. The van der Waals surface area contributed by atoms with Crippen LogP contribution >= 0.6 is 34.0 Å². The number of hydrogen-bond acceptors (Lipinski definition) is 24. The number of thiazole rings is 3. The van der Waals surface area contributed by atoms with E-state index in [4.69, 9.17) is 30.6 Å². The van der Waals surface area contributed by atoms with Crippen molar-refractivity contribution in [2.75, 3.05) is 40.1 Å². The number of nitrogens with two attached hydrogens (primary N) is 1. The van der Waals surface area contributed by atoms with Gasteiger partial charge < -0.3 is 47.4 Å². The number of benzene rings is 3. The maximum absolute atomic E-state index is 13.8. The molecule has 0 radical (unpaired) electrons. The molecule has 11 aromatic heterocycles. The third kappa shape index (κ3) is 20.6. The van der Waals surface area contributed by atoms with Gasteiger partial charge in [0.2, 0.25) is 5.91 Å². The molecule has 0 spiro atoms. The number of nitrogens with one attached hydrogen (secondary N) is 7. The number of hydrogen-bond donors (Lipinski definition) is 9. The van der Waals surface area contributed by atoms with E-state index in [0.717, 1.165) is 147 Å². The molecule has 0 aliphatic heterocycles. The molecule has 0 aliphatic carbocycles. The van der Waals surface area contributed by atoms with Crippen molar-refractivity contribution in [1.29, 1.82) is 0 Å². The molecule has 3 atom stereocenters. The van der Waals surface area contributed by atoms with Gasteiger partial charge in [0, 0.05) is 62.8 Å². The molecule has 0 aliphatic rings. The van der Waals surface area contributed by atoms with E-state index in [-0.39, 0.29) is 54.8 Å². The number of unbranched alkanes of at least 4 members (excludes halogenated alkanes) is 2. The maximum atomic E-state index is 13.8. The van der Waals surface area contributed by atoms with Crippen LogP contribution in [0.1, 0.15) is 122 Å². The Hall–Kier alpha value is -11.2. The van der Waals surface area contributed by atoms with E-state index in [2.05, 4.69) is 111 Å². The minimum atomic E-state index is -0.833. The summed E-state index contributed by atoms with van der Waals surface area (Å²) in [6.45, 7) is 9.66. The fraction of sp³-hybridized carbons (Fsp3) is 0.288. The molecule has 11 heterocycles. The number of aromatic nitrogens is 16.